The third kappa shape index (κ3) is 2.44. The van der Waals surface area contributed by atoms with Crippen LogP contribution < -0.4 is 5.32 Å². The van der Waals surface area contributed by atoms with Gasteiger partial charge < -0.3 is 10.4 Å². The van der Waals surface area contributed by atoms with E-state index in [-0.39, 0.29) is 17.8 Å². The molecule has 1 saturated carbocycles. The highest BCUT2D eigenvalue weighted by Crippen LogP contribution is 2.33. The number of halogens is 1. The fraction of sp³-hybridized carbons (Fsp3) is 0.562. The molecule has 3 nitrogen and oxygen atoms in total. The minimum absolute atomic E-state index is 0.174. The van der Waals surface area contributed by atoms with Crippen LogP contribution in [-0.2, 0) is 11.2 Å². The Balaban J connectivity index is 1.79. The SMILES string of the molecule is O=C(NC1CCCc2ccc(F)cc21)C1(O)CCCC1. The lowest BCUT2D eigenvalue weighted by atomic mass is 9.87. The van der Waals surface area contributed by atoms with Gasteiger partial charge in [-0.3, -0.25) is 4.79 Å². The Labute approximate surface area is 118 Å². The number of fused-ring (bicyclic) bond motifs is 1. The van der Waals surface area contributed by atoms with Crippen LogP contribution in [0, 0.1) is 5.82 Å². The van der Waals surface area contributed by atoms with Gasteiger partial charge in [-0.25, -0.2) is 4.39 Å². The van der Waals surface area contributed by atoms with Gasteiger partial charge in [0.2, 0.25) is 0 Å². The number of carbonyl (C=O) groups excluding carboxylic acids is 1. The molecule has 0 bridgehead atoms. The van der Waals surface area contributed by atoms with E-state index in [1.165, 1.54) is 12.1 Å². The first kappa shape index (κ1) is 13.6. The molecule has 1 fully saturated rings. The number of benzene rings is 1. The summed E-state index contributed by atoms with van der Waals surface area (Å²) in [5, 5.41) is 13.2. The highest BCUT2D eigenvalue weighted by atomic mass is 19.1. The average Bonchev–Trinajstić information content (AvgIpc) is 2.88. The molecular formula is C16H20FNO2. The van der Waals surface area contributed by atoms with Gasteiger partial charge in [-0.15, -0.1) is 0 Å². The molecule has 1 unspecified atom stereocenters. The normalized spacial score (nSPS) is 24.2. The van der Waals surface area contributed by atoms with Gasteiger partial charge in [0, 0.05) is 0 Å². The van der Waals surface area contributed by atoms with E-state index in [4.69, 9.17) is 0 Å². The van der Waals surface area contributed by atoms with Gasteiger partial charge in [-0.1, -0.05) is 6.07 Å². The predicted molar refractivity (Wildman–Crippen MR) is 73.6 cm³/mol. The summed E-state index contributed by atoms with van der Waals surface area (Å²) in [7, 11) is 0. The van der Waals surface area contributed by atoms with E-state index < -0.39 is 5.60 Å². The largest absolute Gasteiger partial charge is 0.380 e. The number of amides is 1. The Kier molecular flexibility index (Phi) is 3.50. The molecule has 0 spiro atoms. The molecule has 4 heteroatoms. The Hall–Kier alpha value is -1.42. The van der Waals surface area contributed by atoms with E-state index in [0.717, 1.165) is 43.2 Å². The van der Waals surface area contributed by atoms with Crippen molar-refractivity contribution in [2.75, 3.05) is 0 Å². The van der Waals surface area contributed by atoms with Crippen LogP contribution in [0.2, 0.25) is 0 Å². The molecule has 1 aromatic carbocycles. The molecule has 108 valence electrons. The number of aliphatic hydroxyl groups is 1. The summed E-state index contributed by atoms with van der Waals surface area (Å²) in [6.07, 6.45) is 5.54. The van der Waals surface area contributed by atoms with Gasteiger partial charge in [-0.2, -0.15) is 0 Å². The maximum absolute atomic E-state index is 13.4. The molecule has 0 aromatic heterocycles. The molecule has 3 rings (SSSR count). The summed E-state index contributed by atoms with van der Waals surface area (Å²) in [4.78, 5) is 12.3. The van der Waals surface area contributed by atoms with Crippen molar-refractivity contribution >= 4 is 5.91 Å². The van der Waals surface area contributed by atoms with Crippen LogP contribution in [0.3, 0.4) is 0 Å². The summed E-state index contributed by atoms with van der Waals surface area (Å²) in [5.74, 6) is -0.568. The molecule has 2 aliphatic rings. The average molecular weight is 277 g/mol. The Morgan fingerprint density at radius 1 is 1.30 bits per heavy atom. The zero-order valence-corrected chi connectivity index (χ0v) is 11.5. The zero-order valence-electron chi connectivity index (χ0n) is 11.5. The fourth-order valence-corrected chi connectivity index (χ4v) is 3.40. The molecular weight excluding hydrogens is 257 g/mol. The van der Waals surface area contributed by atoms with Crippen LogP contribution in [0.4, 0.5) is 4.39 Å². The highest BCUT2D eigenvalue weighted by molar-refractivity contribution is 5.85. The zero-order chi connectivity index (χ0) is 14.2. The standard InChI is InChI=1S/C16H20FNO2/c17-12-7-6-11-4-3-5-14(13(11)10-12)18-15(19)16(20)8-1-2-9-16/h6-7,10,14,20H,1-5,8-9H2,(H,18,19). The summed E-state index contributed by atoms with van der Waals surface area (Å²) < 4.78 is 13.4. The van der Waals surface area contributed by atoms with Crippen LogP contribution >= 0.6 is 0 Å². The van der Waals surface area contributed by atoms with E-state index in [0.29, 0.717) is 12.8 Å². The smallest absolute Gasteiger partial charge is 0.252 e. The summed E-state index contributed by atoms with van der Waals surface area (Å²) in [6.45, 7) is 0. The second-order valence-corrected chi connectivity index (χ2v) is 6.00. The van der Waals surface area contributed by atoms with E-state index >= 15 is 0 Å². The van der Waals surface area contributed by atoms with Gasteiger partial charge in [0.1, 0.15) is 11.4 Å². The van der Waals surface area contributed by atoms with Crippen molar-refractivity contribution in [1.82, 2.24) is 5.32 Å². The van der Waals surface area contributed by atoms with Crippen molar-refractivity contribution in [1.29, 1.82) is 0 Å². The van der Waals surface area contributed by atoms with Crippen LogP contribution in [-0.4, -0.2) is 16.6 Å². The van der Waals surface area contributed by atoms with Crippen LogP contribution in [0.15, 0.2) is 18.2 Å². The topological polar surface area (TPSA) is 49.3 Å². The number of nitrogens with one attached hydrogen (secondary N) is 1. The summed E-state index contributed by atoms with van der Waals surface area (Å²) >= 11 is 0. The minimum Gasteiger partial charge on any atom is -0.380 e. The maximum atomic E-state index is 13.4. The van der Waals surface area contributed by atoms with Crippen molar-refractivity contribution in [3.05, 3.63) is 35.1 Å². The molecule has 0 saturated heterocycles. The van der Waals surface area contributed by atoms with E-state index in [1.54, 1.807) is 6.07 Å². The Morgan fingerprint density at radius 3 is 2.80 bits per heavy atom. The number of hydrogen-bond donors (Lipinski definition) is 2. The van der Waals surface area contributed by atoms with Crippen molar-refractivity contribution < 1.29 is 14.3 Å². The van der Waals surface area contributed by atoms with Gasteiger partial charge >= 0.3 is 0 Å². The van der Waals surface area contributed by atoms with E-state index in [2.05, 4.69) is 5.32 Å². The summed E-state index contributed by atoms with van der Waals surface area (Å²) in [5.41, 5.74) is 0.748. The van der Waals surface area contributed by atoms with Crippen molar-refractivity contribution in [3.63, 3.8) is 0 Å². The molecule has 20 heavy (non-hydrogen) atoms. The summed E-state index contributed by atoms with van der Waals surface area (Å²) in [6, 6.07) is 4.60. The molecule has 2 aliphatic carbocycles. The molecule has 0 aliphatic heterocycles. The molecule has 1 aromatic rings. The van der Waals surface area contributed by atoms with Gasteiger partial charge in [0.25, 0.3) is 5.91 Å². The fourth-order valence-electron chi connectivity index (χ4n) is 3.40. The lowest BCUT2D eigenvalue weighted by molar-refractivity contribution is -0.140. The molecule has 2 N–H and O–H groups in total. The Bertz CT molecular complexity index is 523. The van der Waals surface area contributed by atoms with Crippen LogP contribution in [0.1, 0.15) is 55.7 Å². The predicted octanol–water partition coefficient (Wildman–Crippen LogP) is 2.62. The molecule has 0 radical (unpaired) electrons. The third-order valence-electron chi connectivity index (χ3n) is 4.58. The van der Waals surface area contributed by atoms with E-state index in [9.17, 15) is 14.3 Å². The van der Waals surface area contributed by atoms with Crippen molar-refractivity contribution in [2.24, 2.45) is 0 Å². The van der Waals surface area contributed by atoms with Crippen molar-refractivity contribution in [3.8, 4) is 0 Å². The Morgan fingerprint density at radius 2 is 2.05 bits per heavy atom. The van der Waals surface area contributed by atoms with Gasteiger partial charge in [0.15, 0.2) is 0 Å². The maximum Gasteiger partial charge on any atom is 0.252 e. The minimum atomic E-state index is -1.22. The molecule has 1 amide bonds. The lowest BCUT2D eigenvalue weighted by Crippen LogP contribution is -2.46. The van der Waals surface area contributed by atoms with E-state index in [1.807, 2.05) is 0 Å². The molecule has 0 heterocycles. The second kappa shape index (κ2) is 5.17. The number of aryl methyl sites for hydroxylation is 1. The third-order valence-corrected chi connectivity index (χ3v) is 4.58. The first-order valence-corrected chi connectivity index (χ1v) is 7.40. The monoisotopic (exact) mass is 277 g/mol. The first-order chi connectivity index (χ1) is 9.58. The van der Waals surface area contributed by atoms with Crippen LogP contribution in [0.25, 0.3) is 0 Å². The second-order valence-electron chi connectivity index (χ2n) is 6.00. The lowest BCUT2D eigenvalue weighted by Gasteiger charge is -2.30. The number of rotatable bonds is 2. The first-order valence-electron chi connectivity index (χ1n) is 7.40. The van der Waals surface area contributed by atoms with Crippen LogP contribution in [0.5, 0.6) is 0 Å². The quantitative estimate of drug-likeness (QED) is 0.873. The van der Waals surface area contributed by atoms with Crippen molar-refractivity contribution in [2.45, 2.75) is 56.6 Å². The number of carbonyl (C=O) groups is 1. The number of hydrogen-bond acceptors (Lipinski definition) is 2. The van der Waals surface area contributed by atoms with Gasteiger partial charge in [-0.05, 0) is 68.2 Å². The highest BCUT2D eigenvalue weighted by Gasteiger charge is 2.40. The molecule has 1 atom stereocenters. The van der Waals surface area contributed by atoms with Gasteiger partial charge in [0.05, 0.1) is 6.04 Å².